The molecule has 0 aromatic carbocycles. The minimum atomic E-state index is 0. The molecule has 0 atom stereocenters. The summed E-state index contributed by atoms with van der Waals surface area (Å²) in [6, 6.07) is 5.93. The van der Waals surface area contributed by atoms with Crippen molar-refractivity contribution < 1.29 is 0 Å². The number of thiophene rings is 1. The van der Waals surface area contributed by atoms with Gasteiger partial charge >= 0.3 is 0 Å². The molecule has 0 radical (unpaired) electrons. The number of aryl methyl sites for hydroxylation is 1. The van der Waals surface area contributed by atoms with E-state index in [0.29, 0.717) is 5.15 Å². The molecule has 0 aliphatic rings. The SMILES string of the molecule is CN=C(NCCc1ccc(Cl)nc1)NCc1sccc1C.I. The van der Waals surface area contributed by atoms with Gasteiger partial charge in [0.1, 0.15) is 5.15 Å². The van der Waals surface area contributed by atoms with Gasteiger partial charge in [-0.25, -0.2) is 4.98 Å². The Morgan fingerprint density at radius 1 is 1.32 bits per heavy atom. The van der Waals surface area contributed by atoms with Crippen LogP contribution in [0.2, 0.25) is 5.15 Å². The van der Waals surface area contributed by atoms with Crippen molar-refractivity contribution in [1.29, 1.82) is 0 Å². The van der Waals surface area contributed by atoms with Crippen LogP contribution in [-0.4, -0.2) is 24.5 Å². The Balaban J connectivity index is 0.00000242. The molecule has 0 amide bonds. The highest BCUT2D eigenvalue weighted by atomic mass is 127. The quantitative estimate of drug-likeness (QED) is 0.316. The van der Waals surface area contributed by atoms with E-state index in [0.717, 1.165) is 31.0 Å². The highest BCUT2D eigenvalue weighted by Gasteiger charge is 2.02. The molecule has 7 heteroatoms. The Morgan fingerprint density at radius 2 is 2.14 bits per heavy atom. The number of aromatic nitrogens is 1. The summed E-state index contributed by atoms with van der Waals surface area (Å²) in [5.74, 6) is 0.810. The molecular weight excluding hydrogens is 431 g/mol. The molecule has 0 aliphatic heterocycles. The molecule has 2 aromatic rings. The van der Waals surface area contributed by atoms with Gasteiger partial charge in [-0.2, -0.15) is 0 Å². The number of hydrogen-bond acceptors (Lipinski definition) is 3. The van der Waals surface area contributed by atoms with Crippen LogP contribution < -0.4 is 10.6 Å². The Hall–Kier alpha value is -0.860. The van der Waals surface area contributed by atoms with Gasteiger partial charge < -0.3 is 10.6 Å². The first kappa shape index (κ1) is 19.2. The maximum atomic E-state index is 5.77. The second kappa shape index (κ2) is 10.0. The number of hydrogen-bond donors (Lipinski definition) is 2. The van der Waals surface area contributed by atoms with Crippen LogP contribution in [0.4, 0.5) is 0 Å². The van der Waals surface area contributed by atoms with Crippen molar-refractivity contribution in [2.45, 2.75) is 19.9 Å². The summed E-state index contributed by atoms with van der Waals surface area (Å²) < 4.78 is 0. The summed E-state index contributed by atoms with van der Waals surface area (Å²) >= 11 is 7.52. The van der Waals surface area contributed by atoms with Crippen LogP contribution >= 0.6 is 46.9 Å². The van der Waals surface area contributed by atoms with Crippen molar-refractivity contribution in [3.8, 4) is 0 Å². The third-order valence-electron chi connectivity index (χ3n) is 3.10. The maximum absolute atomic E-state index is 5.77. The summed E-state index contributed by atoms with van der Waals surface area (Å²) in [5.41, 5.74) is 2.46. The molecule has 2 N–H and O–H groups in total. The highest BCUT2D eigenvalue weighted by molar-refractivity contribution is 14.0. The van der Waals surface area contributed by atoms with E-state index in [2.05, 4.69) is 39.0 Å². The molecule has 0 saturated heterocycles. The average molecular weight is 451 g/mol. The minimum absolute atomic E-state index is 0. The molecular formula is C15H20ClIN4S. The molecule has 0 fully saturated rings. The average Bonchev–Trinajstić information content (AvgIpc) is 2.90. The lowest BCUT2D eigenvalue weighted by atomic mass is 10.2. The minimum Gasteiger partial charge on any atom is -0.356 e. The Labute approximate surface area is 157 Å². The third-order valence-corrected chi connectivity index (χ3v) is 4.35. The molecule has 0 aliphatic carbocycles. The van der Waals surface area contributed by atoms with Crippen LogP contribution in [0.1, 0.15) is 16.0 Å². The fraction of sp³-hybridized carbons (Fsp3) is 0.333. The zero-order valence-corrected chi connectivity index (χ0v) is 16.5. The van der Waals surface area contributed by atoms with Gasteiger partial charge in [0, 0.05) is 24.7 Å². The summed E-state index contributed by atoms with van der Waals surface area (Å²) in [6.07, 6.45) is 2.68. The molecule has 120 valence electrons. The summed E-state index contributed by atoms with van der Waals surface area (Å²) in [7, 11) is 1.78. The largest absolute Gasteiger partial charge is 0.356 e. The standard InChI is InChI=1S/C15H19ClN4S.HI/c1-11-6-8-21-13(11)10-20-15(17-2)18-7-5-12-3-4-14(16)19-9-12;/h3-4,6,8-9H,5,7,10H2,1-2H3,(H2,17,18,20);1H. The van der Waals surface area contributed by atoms with E-state index in [1.165, 1.54) is 10.4 Å². The van der Waals surface area contributed by atoms with Gasteiger partial charge in [-0.1, -0.05) is 17.7 Å². The van der Waals surface area contributed by atoms with E-state index in [1.807, 2.05) is 12.1 Å². The normalized spacial score (nSPS) is 11.0. The van der Waals surface area contributed by atoms with E-state index in [9.17, 15) is 0 Å². The van der Waals surface area contributed by atoms with E-state index in [-0.39, 0.29) is 24.0 Å². The molecule has 0 unspecified atom stereocenters. The number of guanidine groups is 1. The van der Waals surface area contributed by atoms with Crippen molar-refractivity contribution in [3.63, 3.8) is 0 Å². The summed E-state index contributed by atoms with van der Waals surface area (Å²) in [6.45, 7) is 3.72. The van der Waals surface area contributed by atoms with Gasteiger partial charge in [0.05, 0.1) is 6.54 Å². The lowest BCUT2D eigenvalue weighted by molar-refractivity contribution is 0.796. The van der Waals surface area contributed by atoms with Gasteiger partial charge in [0.2, 0.25) is 0 Å². The monoisotopic (exact) mass is 450 g/mol. The zero-order valence-electron chi connectivity index (χ0n) is 12.6. The Bertz CT molecular complexity index is 598. The first-order valence-corrected chi connectivity index (χ1v) is 8.02. The Kier molecular flexibility index (Phi) is 8.74. The number of nitrogens with zero attached hydrogens (tertiary/aromatic N) is 2. The van der Waals surface area contributed by atoms with E-state index in [1.54, 1.807) is 24.6 Å². The lowest BCUT2D eigenvalue weighted by Crippen LogP contribution is -2.37. The molecule has 2 rings (SSSR count). The molecule has 0 bridgehead atoms. The molecule has 0 saturated carbocycles. The first-order valence-electron chi connectivity index (χ1n) is 6.77. The topological polar surface area (TPSA) is 49.3 Å². The van der Waals surface area contributed by atoms with Gasteiger partial charge in [-0.05, 0) is 42.0 Å². The van der Waals surface area contributed by atoms with Crippen molar-refractivity contribution in [3.05, 3.63) is 50.9 Å². The van der Waals surface area contributed by atoms with Gasteiger partial charge in [0.25, 0.3) is 0 Å². The van der Waals surface area contributed by atoms with Crippen molar-refractivity contribution in [1.82, 2.24) is 15.6 Å². The van der Waals surface area contributed by atoms with E-state index < -0.39 is 0 Å². The highest BCUT2D eigenvalue weighted by Crippen LogP contribution is 2.14. The van der Waals surface area contributed by atoms with Crippen LogP contribution in [-0.2, 0) is 13.0 Å². The molecule has 2 heterocycles. The second-order valence-electron chi connectivity index (χ2n) is 4.62. The predicted molar refractivity (Wildman–Crippen MR) is 106 cm³/mol. The second-order valence-corrected chi connectivity index (χ2v) is 6.01. The lowest BCUT2D eigenvalue weighted by Gasteiger charge is -2.11. The van der Waals surface area contributed by atoms with E-state index in [4.69, 9.17) is 11.6 Å². The molecule has 0 spiro atoms. The molecule has 4 nitrogen and oxygen atoms in total. The summed E-state index contributed by atoms with van der Waals surface area (Å²) in [4.78, 5) is 9.63. The van der Waals surface area contributed by atoms with Crippen LogP contribution in [0, 0.1) is 6.92 Å². The predicted octanol–water partition coefficient (Wildman–Crippen LogP) is 3.63. The van der Waals surface area contributed by atoms with Gasteiger partial charge in [-0.3, -0.25) is 4.99 Å². The third kappa shape index (κ3) is 6.10. The number of rotatable bonds is 5. The van der Waals surface area contributed by atoms with Crippen LogP contribution in [0.15, 0.2) is 34.8 Å². The molecule has 2 aromatic heterocycles. The summed E-state index contributed by atoms with van der Waals surface area (Å²) in [5, 5.41) is 9.25. The van der Waals surface area contributed by atoms with Gasteiger partial charge in [0.15, 0.2) is 5.96 Å². The van der Waals surface area contributed by atoms with Crippen LogP contribution in [0.5, 0.6) is 0 Å². The first-order chi connectivity index (χ1) is 10.2. The van der Waals surface area contributed by atoms with E-state index >= 15 is 0 Å². The Morgan fingerprint density at radius 3 is 2.73 bits per heavy atom. The number of pyridine rings is 1. The fourth-order valence-corrected chi connectivity index (χ4v) is 2.81. The van der Waals surface area contributed by atoms with Crippen molar-refractivity contribution in [2.75, 3.05) is 13.6 Å². The van der Waals surface area contributed by atoms with Gasteiger partial charge in [-0.15, -0.1) is 35.3 Å². The van der Waals surface area contributed by atoms with Crippen LogP contribution in [0.3, 0.4) is 0 Å². The van der Waals surface area contributed by atoms with Crippen molar-refractivity contribution in [2.24, 2.45) is 4.99 Å². The number of nitrogens with one attached hydrogen (secondary N) is 2. The van der Waals surface area contributed by atoms with Crippen molar-refractivity contribution >= 4 is 52.9 Å². The number of halogens is 2. The zero-order chi connectivity index (χ0) is 15.1. The maximum Gasteiger partial charge on any atom is 0.191 e. The smallest absolute Gasteiger partial charge is 0.191 e. The number of aliphatic imine (C=N–C) groups is 1. The van der Waals surface area contributed by atoms with Crippen LogP contribution in [0.25, 0.3) is 0 Å². The molecule has 22 heavy (non-hydrogen) atoms. The fourth-order valence-electron chi connectivity index (χ4n) is 1.85.